The Bertz CT molecular complexity index is 829. The lowest BCUT2D eigenvalue weighted by Crippen LogP contribution is -2.70. The number of benzene rings is 2. The molecule has 5 nitrogen and oxygen atoms in total. The molecule has 0 saturated carbocycles. The average molecular weight is 326 g/mol. The van der Waals surface area contributed by atoms with Crippen molar-refractivity contribution in [3.8, 4) is 0 Å². The lowest BCUT2D eigenvalue weighted by molar-refractivity contribution is -0.394. The van der Waals surface area contributed by atoms with E-state index in [1.165, 1.54) is 6.26 Å². The highest BCUT2D eigenvalue weighted by Crippen LogP contribution is 2.58. The van der Waals surface area contributed by atoms with Crippen LogP contribution in [0.25, 0.3) is 10.8 Å². The van der Waals surface area contributed by atoms with Crippen LogP contribution in [0.2, 0.25) is 0 Å². The van der Waals surface area contributed by atoms with Crippen LogP contribution in [-0.2, 0) is 24.6 Å². The summed E-state index contributed by atoms with van der Waals surface area (Å²) in [6.45, 7) is 1.67. The third-order valence-electron chi connectivity index (χ3n) is 4.76. The fourth-order valence-electron chi connectivity index (χ4n) is 3.62. The molecule has 2 aliphatic heterocycles. The second kappa shape index (κ2) is 5.33. The summed E-state index contributed by atoms with van der Waals surface area (Å²) in [5.74, 6) is -2.10. The predicted molar refractivity (Wildman–Crippen MR) is 86.9 cm³/mol. The Balaban J connectivity index is 1.84. The van der Waals surface area contributed by atoms with Gasteiger partial charge >= 0.3 is 5.97 Å². The van der Waals surface area contributed by atoms with E-state index in [1.807, 2.05) is 42.5 Å². The fourth-order valence-corrected chi connectivity index (χ4v) is 3.62. The van der Waals surface area contributed by atoms with Gasteiger partial charge in [-0.05, 0) is 35.4 Å². The van der Waals surface area contributed by atoms with E-state index in [0.29, 0.717) is 5.56 Å². The molecule has 2 aliphatic rings. The smallest absolute Gasteiger partial charge is 0.344 e. The number of aliphatic hydroxyl groups is 1. The first kappa shape index (κ1) is 15.2. The quantitative estimate of drug-likeness (QED) is 0.875. The van der Waals surface area contributed by atoms with Crippen LogP contribution in [0.15, 0.2) is 54.8 Å². The number of esters is 1. The van der Waals surface area contributed by atoms with Crippen molar-refractivity contribution in [1.82, 2.24) is 0 Å². The van der Waals surface area contributed by atoms with Crippen molar-refractivity contribution in [2.75, 3.05) is 13.2 Å². The zero-order valence-corrected chi connectivity index (χ0v) is 13.3. The van der Waals surface area contributed by atoms with Crippen LogP contribution in [0.5, 0.6) is 0 Å². The zero-order chi connectivity index (χ0) is 16.8. The molecule has 24 heavy (non-hydrogen) atoms. The van der Waals surface area contributed by atoms with Crippen LogP contribution < -0.4 is 0 Å². The van der Waals surface area contributed by atoms with Crippen molar-refractivity contribution < 1.29 is 24.1 Å². The summed E-state index contributed by atoms with van der Waals surface area (Å²) in [4.78, 5) is 12.8. The number of carbonyl (C=O) groups excluding carboxylic acids is 1. The van der Waals surface area contributed by atoms with E-state index >= 15 is 0 Å². The summed E-state index contributed by atoms with van der Waals surface area (Å²) in [7, 11) is 0. The van der Waals surface area contributed by atoms with Crippen LogP contribution in [0.4, 0.5) is 0 Å². The SMILES string of the molecule is CCOC(=O)[C@@]1(c2ccc3ccccc3c2)O[C@]2(CO)OC=C[C@@H]21. The van der Waals surface area contributed by atoms with Gasteiger partial charge in [-0.1, -0.05) is 36.4 Å². The number of hydrogen-bond donors (Lipinski definition) is 1. The van der Waals surface area contributed by atoms with Crippen molar-refractivity contribution in [1.29, 1.82) is 0 Å². The van der Waals surface area contributed by atoms with E-state index in [2.05, 4.69) is 0 Å². The minimum atomic E-state index is -1.30. The van der Waals surface area contributed by atoms with Gasteiger partial charge in [-0.15, -0.1) is 0 Å². The van der Waals surface area contributed by atoms with E-state index in [9.17, 15) is 9.90 Å². The lowest BCUT2D eigenvalue weighted by Gasteiger charge is -2.55. The molecule has 0 bridgehead atoms. The van der Waals surface area contributed by atoms with E-state index in [0.717, 1.165) is 10.8 Å². The van der Waals surface area contributed by atoms with Gasteiger partial charge in [-0.3, -0.25) is 0 Å². The first-order valence-electron chi connectivity index (χ1n) is 7.98. The number of ether oxygens (including phenoxy) is 3. The summed E-state index contributed by atoms with van der Waals surface area (Å²) in [5, 5.41) is 11.7. The average Bonchev–Trinajstić information content (AvgIpc) is 2.94. The van der Waals surface area contributed by atoms with Gasteiger partial charge in [0.15, 0.2) is 0 Å². The molecule has 0 amide bonds. The van der Waals surface area contributed by atoms with Crippen LogP contribution in [0.3, 0.4) is 0 Å². The molecule has 4 rings (SSSR count). The molecule has 5 heteroatoms. The molecule has 0 spiro atoms. The molecular weight excluding hydrogens is 308 g/mol. The second-order valence-corrected chi connectivity index (χ2v) is 6.01. The van der Waals surface area contributed by atoms with Crippen molar-refractivity contribution in [2.45, 2.75) is 18.3 Å². The van der Waals surface area contributed by atoms with Gasteiger partial charge in [0.05, 0.1) is 18.8 Å². The third kappa shape index (κ3) is 1.85. The van der Waals surface area contributed by atoms with Crippen LogP contribution in [0, 0.1) is 5.92 Å². The van der Waals surface area contributed by atoms with E-state index in [-0.39, 0.29) is 13.2 Å². The molecule has 2 aromatic rings. The summed E-state index contributed by atoms with van der Waals surface area (Å²) in [6, 6.07) is 13.7. The Hall–Kier alpha value is -2.37. The Morgan fingerprint density at radius 1 is 1.25 bits per heavy atom. The number of aliphatic hydroxyl groups excluding tert-OH is 1. The molecule has 0 aliphatic carbocycles. The van der Waals surface area contributed by atoms with Crippen molar-refractivity contribution in [3.63, 3.8) is 0 Å². The maximum Gasteiger partial charge on any atom is 0.344 e. The fraction of sp³-hybridized carbons (Fsp3) is 0.316. The Labute approximate surface area is 139 Å². The third-order valence-corrected chi connectivity index (χ3v) is 4.76. The van der Waals surface area contributed by atoms with Gasteiger partial charge in [0, 0.05) is 0 Å². The largest absolute Gasteiger partial charge is 0.467 e. The van der Waals surface area contributed by atoms with Gasteiger partial charge in [0.1, 0.15) is 6.61 Å². The molecule has 1 N–H and O–H groups in total. The Morgan fingerprint density at radius 2 is 2.04 bits per heavy atom. The molecule has 2 aromatic carbocycles. The number of fused-ring (bicyclic) bond motifs is 2. The molecule has 1 saturated heterocycles. The molecule has 1 fully saturated rings. The minimum Gasteiger partial charge on any atom is -0.467 e. The van der Waals surface area contributed by atoms with Crippen molar-refractivity contribution in [2.24, 2.45) is 5.92 Å². The van der Waals surface area contributed by atoms with E-state index in [1.54, 1.807) is 13.0 Å². The van der Waals surface area contributed by atoms with Crippen LogP contribution >= 0.6 is 0 Å². The standard InChI is InChI=1S/C19H18O5/c1-2-22-17(21)19(16-9-10-23-18(16,12-20)24-19)15-8-7-13-5-3-4-6-14(13)11-15/h3-11,16,20H,2,12H2,1H3/t16-,18-,19-/m0/s1. The molecule has 3 atom stereocenters. The van der Waals surface area contributed by atoms with Crippen LogP contribution in [0.1, 0.15) is 12.5 Å². The molecule has 124 valence electrons. The highest BCUT2D eigenvalue weighted by atomic mass is 16.8. The molecule has 2 heterocycles. The summed E-state index contributed by atoms with van der Waals surface area (Å²) in [6.07, 6.45) is 3.23. The van der Waals surface area contributed by atoms with Crippen molar-refractivity contribution >= 4 is 16.7 Å². The van der Waals surface area contributed by atoms with Gasteiger partial charge in [-0.25, -0.2) is 4.79 Å². The van der Waals surface area contributed by atoms with Gasteiger partial charge in [0.25, 0.3) is 0 Å². The van der Waals surface area contributed by atoms with Gasteiger partial charge < -0.3 is 19.3 Å². The van der Waals surface area contributed by atoms with Gasteiger partial charge in [0.2, 0.25) is 11.4 Å². The highest BCUT2D eigenvalue weighted by Gasteiger charge is 2.73. The monoisotopic (exact) mass is 326 g/mol. The summed E-state index contributed by atoms with van der Waals surface area (Å²) < 4.78 is 16.6. The Morgan fingerprint density at radius 3 is 2.79 bits per heavy atom. The highest BCUT2D eigenvalue weighted by molar-refractivity contribution is 5.88. The normalized spacial score (nSPS) is 30.5. The zero-order valence-electron chi connectivity index (χ0n) is 13.3. The lowest BCUT2D eigenvalue weighted by atomic mass is 9.70. The maximum atomic E-state index is 12.8. The predicted octanol–water partition coefficient (Wildman–Crippen LogP) is 2.48. The summed E-state index contributed by atoms with van der Waals surface area (Å²) in [5.41, 5.74) is -0.598. The first-order chi connectivity index (χ1) is 11.7. The maximum absolute atomic E-state index is 12.8. The molecule has 0 aromatic heterocycles. The number of carbonyl (C=O) groups is 1. The van der Waals surface area contributed by atoms with Crippen molar-refractivity contribution in [3.05, 3.63) is 60.4 Å². The topological polar surface area (TPSA) is 65.0 Å². The van der Waals surface area contributed by atoms with Gasteiger partial charge in [-0.2, -0.15) is 0 Å². The Kier molecular flexibility index (Phi) is 3.37. The first-order valence-corrected chi connectivity index (χ1v) is 7.98. The molecule has 0 unspecified atom stereocenters. The second-order valence-electron chi connectivity index (χ2n) is 6.01. The number of hydrogen-bond acceptors (Lipinski definition) is 5. The van der Waals surface area contributed by atoms with E-state index < -0.39 is 23.3 Å². The van der Waals surface area contributed by atoms with Crippen LogP contribution in [-0.4, -0.2) is 30.1 Å². The molecule has 0 radical (unpaired) electrons. The number of rotatable bonds is 4. The van der Waals surface area contributed by atoms with E-state index in [4.69, 9.17) is 14.2 Å². The molecular formula is C19H18O5. The summed E-state index contributed by atoms with van der Waals surface area (Å²) >= 11 is 0. The minimum absolute atomic E-state index is 0.251.